The topological polar surface area (TPSA) is 35.3 Å². The quantitative estimate of drug-likeness (QED) is 0.335. The van der Waals surface area contributed by atoms with Gasteiger partial charge in [-0.1, -0.05) is 60.7 Å². The van der Waals surface area contributed by atoms with E-state index in [1.54, 1.807) is 6.21 Å². The highest BCUT2D eigenvalue weighted by atomic mass is 16.5. The molecule has 0 amide bonds. The van der Waals surface area contributed by atoms with Gasteiger partial charge in [0.05, 0.1) is 18.6 Å². The number of hydrogen-bond acceptors (Lipinski definition) is 2. The largest absolute Gasteiger partial charge is 0.624 e. The Morgan fingerprint density at radius 2 is 1.50 bits per heavy atom. The number of hydroxylamine groups is 1. The van der Waals surface area contributed by atoms with Crippen molar-refractivity contribution in [3.8, 4) is 0 Å². The fraction of sp³-hybridized carbons (Fsp3) is 0.316. The van der Waals surface area contributed by atoms with Crippen molar-refractivity contribution < 1.29 is 9.48 Å². The Kier molecular flexibility index (Phi) is 5.73. The summed E-state index contributed by atoms with van der Waals surface area (Å²) in [6.45, 7) is 5.45. The van der Waals surface area contributed by atoms with Gasteiger partial charge >= 0.3 is 0 Å². The summed E-state index contributed by atoms with van der Waals surface area (Å²) in [6, 6.07) is 19.8. The third-order valence-electron chi connectivity index (χ3n) is 3.26. The molecule has 0 unspecified atom stereocenters. The third-order valence-corrected chi connectivity index (χ3v) is 3.26. The van der Waals surface area contributed by atoms with Gasteiger partial charge in [0.2, 0.25) is 0 Å². The number of hydrogen-bond donors (Lipinski definition) is 0. The van der Waals surface area contributed by atoms with Crippen molar-refractivity contribution in [3.63, 3.8) is 0 Å². The second-order valence-corrected chi connectivity index (χ2v) is 6.16. The Morgan fingerprint density at radius 3 is 2.09 bits per heavy atom. The molecule has 22 heavy (non-hydrogen) atoms. The standard InChI is InChI=1S/C19H23NO2/c1-19(2,16-22-14-18-11-7-4-8-12-18)15-20(21)13-17-9-5-3-6-10-17/h3-12,15H,13-14,16H2,1-2H3/b20-15-. The first-order valence-electron chi connectivity index (χ1n) is 7.51. The molecule has 3 heteroatoms. The lowest BCUT2D eigenvalue weighted by Gasteiger charge is -2.19. The van der Waals surface area contributed by atoms with E-state index in [4.69, 9.17) is 4.74 Å². The van der Waals surface area contributed by atoms with Crippen LogP contribution in [0.15, 0.2) is 60.7 Å². The van der Waals surface area contributed by atoms with Crippen LogP contribution in [0.3, 0.4) is 0 Å². The summed E-state index contributed by atoms with van der Waals surface area (Å²) in [6.07, 6.45) is 1.70. The molecule has 0 fully saturated rings. The Labute approximate surface area is 132 Å². The van der Waals surface area contributed by atoms with Crippen molar-refractivity contribution in [1.82, 2.24) is 0 Å². The molecule has 0 atom stereocenters. The van der Waals surface area contributed by atoms with Crippen LogP contribution < -0.4 is 0 Å². The number of benzene rings is 2. The number of ether oxygens (including phenoxy) is 1. The van der Waals surface area contributed by atoms with Gasteiger partial charge in [0.15, 0.2) is 12.8 Å². The highest BCUT2D eigenvalue weighted by Crippen LogP contribution is 2.14. The van der Waals surface area contributed by atoms with Crippen molar-refractivity contribution in [3.05, 3.63) is 77.0 Å². The van der Waals surface area contributed by atoms with Crippen molar-refractivity contribution in [2.24, 2.45) is 5.41 Å². The molecule has 116 valence electrons. The highest BCUT2D eigenvalue weighted by Gasteiger charge is 2.20. The second kappa shape index (κ2) is 7.76. The third kappa shape index (κ3) is 5.70. The monoisotopic (exact) mass is 297 g/mol. The lowest BCUT2D eigenvalue weighted by molar-refractivity contribution is -0.473. The van der Waals surface area contributed by atoms with Crippen molar-refractivity contribution in [1.29, 1.82) is 0 Å². The molecule has 0 aliphatic carbocycles. The number of nitrogens with zero attached hydrogens (tertiary/aromatic N) is 1. The molecule has 0 radical (unpaired) electrons. The minimum Gasteiger partial charge on any atom is -0.624 e. The lowest BCUT2D eigenvalue weighted by atomic mass is 9.97. The molecule has 0 aliphatic rings. The summed E-state index contributed by atoms with van der Waals surface area (Å²) >= 11 is 0. The van der Waals surface area contributed by atoms with Gasteiger partial charge in [0.25, 0.3) is 0 Å². The maximum Gasteiger partial charge on any atom is 0.178 e. The van der Waals surface area contributed by atoms with Gasteiger partial charge < -0.3 is 9.94 Å². The molecule has 2 rings (SSSR count). The van der Waals surface area contributed by atoms with E-state index in [0.717, 1.165) is 15.9 Å². The van der Waals surface area contributed by atoms with Crippen LogP contribution in [-0.2, 0) is 17.9 Å². The van der Waals surface area contributed by atoms with E-state index in [-0.39, 0.29) is 5.41 Å². The van der Waals surface area contributed by atoms with E-state index < -0.39 is 0 Å². The Hall–Kier alpha value is -2.13. The maximum atomic E-state index is 12.1. The summed E-state index contributed by atoms with van der Waals surface area (Å²) in [5.41, 5.74) is 1.85. The Bertz CT molecular complexity index is 591. The van der Waals surface area contributed by atoms with Crippen LogP contribution in [0.5, 0.6) is 0 Å². The van der Waals surface area contributed by atoms with Crippen molar-refractivity contribution in [2.45, 2.75) is 27.0 Å². The molecule has 2 aromatic carbocycles. The molecule has 0 spiro atoms. The second-order valence-electron chi connectivity index (χ2n) is 6.16. The molecular formula is C19H23NO2. The molecular weight excluding hydrogens is 274 g/mol. The van der Waals surface area contributed by atoms with E-state index in [2.05, 4.69) is 0 Å². The summed E-state index contributed by atoms with van der Waals surface area (Å²) in [5, 5.41) is 12.1. The summed E-state index contributed by atoms with van der Waals surface area (Å²) in [4.78, 5) is 0. The average molecular weight is 297 g/mol. The molecule has 0 bridgehead atoms. The molecule has 0 aromatic heterocycles. The van der Waals surface area contributed by atoms with E-state index in [0.29, 0.717) is 19.8 Å². The zero-order chi connectivity index (χ0) is 15.8. The average Bonchev–Trinajstić information content (AvgIpc) is 2.48. The van der Waals surface area contributed by atoms with Gasteiger partial charge in [-0.05, 0) is 19.4 Å². The maximum absolute atomic E-state index is 12.1. The zero-order valence-corrected chi connectivity index (χ0v) is 13.2. The van der Waals surface area contributed by atoms with E-state index in [1.807, 2.05) is 74.5 Å². The first-order chi connectivity index (χ1) is 10.6. The van der Waals surface area contributed by atoms with Crippen LogP contribution >= 0.6 is 0 Å². The van der Waals surface area contributed by atoms with Crippen molar-refractivity contribution >= 4 is 6.21 Å². The van der Waals surface area contributed by atoms with Crippen LogP contribution in [0.4, 0.5) is 0 Å². The molecule has 2 aromatic rings. The van der Waals surface area contributed by atoms with Crippen LogP contribution in [0.25, 0.3) is 0 Å². The molecule has 0 saturated carbocycles. The fourth-order valence-corrected chi connectivity index (χ4v) is 2.24. The normalized spacial score (nSPS) is 12.4. The summed E-state index contributed by atoms with van der Waals surface area (Å²) < 4.78 is 6.73. The first-order valence-corrected chi connectivity index (χ1v) is 7.51. The van der Waals surface area contributed by atoms with Gasteiger partial charge in [-0.25, -0.2) is 4.74 Å². The van der Waals surface area contributed by atoms with Crippen LogP contribution in [0.1, 0.15) is 25.0 Å². The molecule has 0 aliphatic heterocycles. The molecule has 0 N–H and O–H groups in total. The first kappa shape index (κ1) is 16.2. The predicted octanol–water partition coefficient (Wildman–Crippen LogP) is 4.01. The van der Waals surface area contributed by atoms with Gasteiger partial charge in [0.1, 0.15) is 0 Å². The van der Waals surface area contributed by atoms with Gasteiger partial charge in [0, 0.05) is 5.56 Å². The Balaban J connectivity index is 1.85. The lowest BCUT2D eigenvalue weighted by Crippen LogP contribution is -2.25. The Morgan fingerprint density at radius 1 is 0.955 bits per heavy atom. The highest BCUT2D eigenvalue weighted by molar-refractivity contribution is 5.59. The molecule has 3 nitrogen and oxygen atoms in total. The minimum absolute atomic E-state index is 0.300. The predicted molar refractivity (Wildman–Crippen MR) is 89.7 cm³/mol. The fourth-order valence-electron chi connectivity index (χ4n) is 2.24. The zero-order valence-electron chi connectivity index (χ0n) is 13.2. The van der Waals surface area contributed by atoms with Crippen molar-refractivity contribution in [2.75, 3.05) is 6.61 Å². The molecule has 0 saturated heterocycles. The minimum atomic E-state index is -0.300. The van der Waals surface area contributed by atoms with Gasteiger partial charge in [-0.2, -0.15) is 0 Å². The van der Waals surface area contributed by atoms with Crippen LogP contribution in [0, 0.1) is 10.6 Å². The number of rotatable bonds is 7. The van der Waals surface area contributed by atoms with Gasteiger partial charge in [-0.15, -0.1) is 0 Å². The van der Waals surface area contributed by atoms with Crippen LogP contribution in [-0.4, -0.2) is 17.6 Å². The van der Waals surface area contributed by atoms with Crippen LogP contribution in [0.2, 0.25) is 0 Å². The molecule has 0 heterocycles. The summed E-state index contributed by atoms with van der Waals surface area (Å²) in [7, 11) is 0. The van der Waals surface area contributed by atoms with E-state index >= 15 is 0 Å². The van der Waals surface area contributed by atoms with E-state index in [1.165, 1.54) is 0 Å². The SMILES string of the molecule is CC(C)(/C=[N+](\[O-])Cc1ccccc1)COCc1ccccc1. The summed E-state index contributed by atoms with van der Waals surface area (Å²) in [5.74, 6) is 0. The smallest absolute Gasteiger partial charge is 0.178 e. The van der Waals surface area contributed by atoms with E-state index in [9.17, 15) is 5.21 Å². The van der Waals surface area contributed by atoms with Gasteiger partial charge in [-0.3, -0.25) is 0 Å².